The van der Waals surface area contributed by atoms with Crippen LogP contribution in [0.25, 0.3) is 0 Å². The molecule has 2 heterocycles. The van der Waals surface area contributed by atoms with Gasteiger partial charge < -0.3 is 16.0 Å². The molecule has 2 rings (SSSR count). The summed E-state index contributed by atoms with van der Waals surface area (Å²) in [4.78, 5) is 21.7. The van der Waals surface area contributed by atoms with Crippen molar-refractivity contribution in [2.45, 2.75) is 12.5 Å². The summed E-state index contributed by atoms with van der Waals surface area (Å²) in [5.41, 5.74) is 5.74. The fourth-order valence-corrected chi connectivity index (χ4v) is 1.80. The van der Waals surface area contributed by atoms with Crippen molar-refractivity contribution in [1.82, 2.24) is 20.2 Å². The zero-order valence-electron chi connectivity index (χ0n) is 9.18. The highest BCUT2D eigenvalue weighted by molar-refractivity contribution is 5.92. The summed E-state index contributed by atoms with van der Waals surface area (Å²) >= 11 is 0. The van der Waals surface area contributed by atoms with Crippen LogP contribution in [0, 0.1) is 0 Å². The SMILES string of the molecule is CN1CCC(NC(=O)c2cncc(N)n2)C1. The van der Waals surface area contributed by atoms with E-state index in [0.717, 1.165) is 19.5 Å². The molecule has 0 aliphatic carbocycles. The minimum atomic E-state index is -0.208. The van der Waals surface area contributed by atoms with Crippen molar-refractivity contribution in [1.29, 1.82) is 0 Å². The average Bonchev–Trinajstić information content (AvgIpc) is 2.64. The molecule has 6 nitrogen and oxygen atoms in total. The molecular formula is C10H15N5O. The summed E-state index contributed by atoms with van der Waals surface area (Å²) < 4.78 is 0. The van der Waals surface area contributed by atoms with E-state index in [1.165, 1.54) is 12.4 Å². The third-order valence-electron chi connectivity index (χ3n) is 2.61. The van der Waals surface area contributed by atoms with E-state index in [4.69, 9.17) is 5.73 Å². The Morgan fingerprint density at radius 2 is 2.44 bits per heavy atom. The lowest BCUT2D eigenvalue weighted by molar-refractivity contribution is 0.0933. The van der Waals surface area contributed by atoms with Gasteiger partial charge in [-0.25, -0.2) is 4.98 Å². The highest BCUT2D eigenvalue weighted by Crippen LogP contribution is 2.07. The number of amides is 1. The first kappa shape index (κ1) is 10.8. The molecule has 1 aliphatic rings. The van der Waals surface area contributed by atoms with E-state index in [-0.39, 0.29) is 23.5 Å². The lowest BCUT2D eigenvalue weighted by atomic mass is 10.2. The van der Waals surface area contributed by atoms with E-state index in [2.05, 4.69) is 20.2 Å². The first-order valence-corrected chi connectivity index (χ1v) is 5.22. The molecule has 1 aromatic heterocycles. The average molecular weight is 221 g/mol. The second-order valence-corrected chi connectivity index (χ2v) is 4.05. The first-order valence-electron chi connectivity index (χ1n) is 5.22. The molecule has 1 saturated heterocycles. The number of hydrogen-bond donors (Lipinski definition) is 2. The molecule has 0 radical (unpaired) electrons. The molecule has 6 heteroatoms. The van der Waals surface area contributed by atoms with Crippen LogP contribution in [0.5, 0.6) is 0 Å². The zero-order valence-corrected chi connectivity index (χ0v) is 9.18. The normalized spacial score (nSPS) is 20.9. The molecule has 1 unspecified atom stereocenters. The summed E-state index contributed by atoms with van der Waals surface area (Å²) in [5.74, 6) is 0.0521. The van der Waals surface area contributed by atoms with E-state index in [0.29, 0.717) is 0 Å². The number of nitrogens with zero attached hydrogens (tertiary/aromatic N) is 3. The smallest absolute Gasteiger partial charge is 0.271 e. The van der Waals surface area contributed by atoms with E-state index in [1.54, 1.807) is 0 Å². The van der Waals surface area contributed by atoms with Gasteiger partial charge in [0.25, 0.3) is 5.91 Å². The number of anilines is 1. The number of carbonyl (C=O) groups excluding carboxylic acids is 1. The van der Waals surface area contributed by atoms with Gasteiger partial charge in [0.05, 0.1) is 12.4 Å². The van der Waals surface area contributed by atoms with Gasteiger partial charge in [-0.05, 0) is 20.0 Å². The van der Waals surface area contributed by atoms with Gasteiger partial charge in [-0.1, -0.05) is 0 Å². The topological polar surface area (TPSA) is 84.1 Å². The Bertz CT molecular complexity index is 395. The van der Waals surface area contributed by atoms with E-state index >= 15 is 0 Å². The highest BCUT2D eigenvalue weighted by atomic mass is 16.2. The Morgan fingerprint density at radius 1 is 1.62 bits per heavy atom. The minimum absolute atomic E-state index is 0.195. The van der Waals surface area contributed by atoms with Gasteiger partial charge in [-0.15, -0.1) is 0 Å². The van der Waals surface area contributed by atoms with Crippen LogP contribution >= 0.6 is 0 Å². The molecule has 0 spiro atoms. The van der Waals surface area contributed by atoms with Crippen LogP contribution < -0.4 is 11.1 Å². The van der Waals surface area contributed by atoms with Gasteiger partial charge in [0.15, 0.2) is 0 Å². The second kappa shape index (κ2) is 4.44. The number of rotatable bonds is 2. The molecule has 0 bridgehead atoms. The number of likely N-dealkylation sites (N-methyl/N-ethyl adjacent to an activating group) is 1. The van der Waals surface area contributed by atoms with Gasteiger partial charge >= 0.3 is 0 Å². The van der Waals surface area contributed by atoms with Crippen molar-refractivity contribution in [3.8, 4) is 0 Å². The Hall–Kier alpha value is -1.69. The molecule has 0 aromatic carbocycles. The third-order valence-corrected chi connectivity index (χ3v) is 2.61. The molecule has 3 N–H and O–H groups in total. The Labute approximate surface area is 93.9 Å². The number of likely N-dealkylation sites (tertiary alicyclic amines) is 1. The fourth-order valence-electron chi connectivity index (χ4n) is 1.80. The fraction of sp³-hybridized carbons (Fsp3) is 0.500. The van der Waals surface area contributed by atoms with Crippen molar-refractivity contribution in [2.24, 2.45) is 0 Å². The van der Waals surface area contributed by atoms with Crippen molar-refractivity contribution >= 4 is 11.7 Å². The zero-order chi connectivity index (χ0) is 11.5. The molecule has 1 aliphatic heterocycles. The summed E-state index contributed by atoms with van der Waals surface area (Å²) in [7, 11) is 2.03. The van der Waals surface area contributed by atoms with Crippen LogP contribution in [0.1, 0.15) is 16.9 Å². The van der Waals surface area contributed by atoms with Crippen LogP contribution in [0.15, 0.2) is 12.4 Å². The van der Waals surface area contributed by atoms with Crippen LogP contribution in [0.3, 0.4) is 0 Å². The van der Waals surface area contributed by atoms with Gasteiger partial charge in [0.2, 0.25) is 0 Å². The molecule has 1 amide bonds. The number of nitrogens with two attached hydrogens (primary N) is 1. The standard InChI is InChI=1S/C10H15N5O/c1-15-3-2-7(6-15)13-10(16)8-4-12-5-9(11)14-8/h4-5,7H,2-3,6H2,1H3,(H2,11,14)(H,13,16). The van der Waals surface area contributed by atoms with Crippen molar-refractivity contribution < 1.29 is 4.79 Å². The molecule has 0 saturated carbocycles. The third kappa shape index (κ3) is 2.46. The second-order valence-electron chi connectivity index (χ2n) is 4.05. The Balaban J connectivity index is 1.98. The maximum Gasteiger partial charge on any atom is 0.271 e. The Morgan fingerprint density at radius 3 is 3.06 bits per heavy atom. The molecule has 1 atom stereocenters. The predicted molar refractivity (Wildman–Crippen MR) is 59.8 cm³/mol. The first-order chi connectivity index (χ1) is 7.65. The Kier molecular flexibility index (Phi) is 3.00. The van der Waals surface area contributed by atoms with Gasteiger partial charge in [-0.2, -0.15) is 0 Å². The molecule has 16 heavy (non-hydrogen) atoms. The van der Waals surface area contributed by atoms with Crippen LogP contribution in [0.4, 0.5) is 5.82 Å². The van der Waals surface area contributed by atoms with Crippen LogP contribution in [-0.4, -0.2) is 47.0 Å². The molecule has 1 fully saturated rings. The summed E-state index contributed by atoms with van der Waals surface area (Å²) in [5, 5.41) is 2.91. The van der Waals surface area contributed by atoms with Gasteiger partial charge in [-0.3, -0.25) is 9.78 Å². The lowest BCUT2D eigenvalue weighted by Gasteiger charge is -2.12. The highest BCUT2D eigenvalue weighted by Gasteiger charge is 2.22. The maximum atomic E-state index is 11.8. The summed E-state index contributed by atoms with van der Waals surface area (Å²) in [6.07, 6.45) is 3.81. The number of nitrogens with one attached hydrogen (secondary N) is 1. The molecule has 1 aromatic rings. The molecule has 86 valence electrons. The number of hydrogen-bond acceptors (Lipinski definition) is 5. The van der Waals surface area contributed by atoms with Crippen LogP contribution in [-0.2, 0) is 0 Å². The van der Waals surface area contributed by atoms with E-state index in [1.807, 2.05) is 7.05 Å². The molecular weight excluding hydrogens is 206 g/mol. The number of aromatic nitrogens is 2. The predicted octanol–water partition coefficient (Wildman–Crippen LogP) is -0.507. The largest absolute Gasteiger partial charge is 0.382 e. The van der Waals surface area contributed by atoms with Crippen molar-refractivity contribution in [3.63, 3.8) is 0 Å². The summed E-state index contributed by atoms with van der Waals surface area (Å²) in [6.45, 7) is 1.88. The van der Waals surface area contributed by atoms with Gasteiger partial charge in [0.1, 0.15) is 11.5 Å². The van der Waals surface area contributed by atoms with E-state index in [9.17, 15) is 4.79 Å². The maximum absolute atomic E-state index is 11.8. The minimum Gasteiger partial charge on any atom is -0.382 e. The number of carbonyl (C=O) groups is 1. The van der Waals surface area contributed by atoms with E-state index < -0.39 is 0 Å². The van der Waals surface area contributed by atoms with Crippen LogP contribution in [0.2, 0.25) is 0 Å². The number of nitrogen functional groups attached to an aromatic ring is 1. The lowest BCUT2D eigenvalue weighted by Crippen LogP contribution is -2.37. The quantitative estimate of drug-likeness (QED) is 0.703. The monoisotopic (exact) mass is 221 g/mol. The van der Waals surface area contributed by atoms with Crippen molar-refractivity contribution in [2.75, 3.05) is 25.9 Å². The van der Waals surface area contributed by atoms with Crippen molar-refractivity contribution in [3.05, 3.63) is 18.1 Å². The van der Waals surface area contributed by atoms with Gasteiger partial charge in [0, 0.05) is 12.6 Å². The summed E-state index contributed by atoms with van der Waals surface area (Å²) in [6, 6.07) is 0.195.